The van der Waals surface area contributed by atoms with Gasteiger partial charge in [-0.25, -0.2) is 12.8 Å². The lowest BCUT2D eigenvalue weighted by Gasteiger charge is -2.34. The van der Waals surface area contributed by atoms with E-state index in [4.69, 9.17) is 27.9 Å². The summed E-state index contributed by atoms with van der Waals surface area (Å²) in [5.74, 6) is -0.650. The predicted octanol–water partition coefficient (Wildman–Crippen LogP) is 3.29. The molecular weight excluding hydrogens is 430 g/mol. The van der Waals surface area contributed by atoms with Crippen molar-refractivity contribution in [3.63, 3.8) is 0 Å². The Bertz CT molecular complexity index is 985. The van der Waals surface area contributed by atoms with Crippen LogP contribution in [0, 0.1) is 5.82 Å². The lowest BCUT2D eigenvalue weighted by molar-refractivity contribution is 0.0698. The van der Waals surface area contributed by atoms with Crippen molar-refractivity contribution in [1.29, 1.82) is 0 Å². The standard InChI is InChI=1S/C18H17Cl2FN2O4S/c1-27-17-15(19)9-12(10-16(17)20)18(24)22-5-7-23(8-6-22)28(25,26)14-4-2-3-13(21)11-14/h2-4,9-11H,5-8H2,1H3. The van der Waals surface area contributed by atoms with Gasteiger partial charge in [0.2, 0.25) is 10.0 Å². The van der Waals surface area contributed by atoms with Gasteiger partial charge in [-0.05, 0) is 30.3 Å². The van der Waals surface area contributed by atoms with Crippen molar-refractivity contribution < 1.29 is 22.3 Å². The first-order chi connectivity index (χ1) is 13.2. The molecule has 0 aliphatic carbocycles. The highest BCUT2D eigenvalue weighted by atomic mass is 35.5. The maximum Gasteiger partial charge on any atom is 0.254 e. The molecule has 3 rings (SSSR count). The van der Waals surface area contributed by atoms with Gasteiger partial charge in [-0.1, -0.05) is 29.3 Å². The maximum absolute atomic E-state index is 13.4. The summed E-state index contributed by atoms with van der Waals surface area (Å²) in [5, 5.41) is 0.427. The Morgan fingerprint density at radius 2 is 1.68 bits per heavy atom. The van der Waals surface area contributed by atoms with Crippen LogP contribution in [0.1, 0.15) is 10.4 Å². The van der Waals surface area contributed by atoms with Crippen molar-refractivity contribution in [2.24, 2.45) is 0 Å². The Balaban J connectivity index is 1.72. The van der Waals surface area contributed by atoms with E-state index >= 15 is 0 Å². The molecule has 10 heteroatoms. The van der Waals surface area contributed by atoms with Gasteiger partial charge in [-0.2, -0.15) is 4.31 Å². The molecule has 0 spiro atoms. The zero-order valence-corrected chi connectivity index (χ0v) is 17.2. The van der Waals surface area contributed by atoms with Crippen molar-refractivity contribution in [2.75, 3.05) is 33.3 Å². The first kappa shape index (κ1) is 20.9. The van der Waals surface area contributed by atoms with Crippen LogP contribution >= 0.6 is 23.2 Å². The smallest absolute Gasteiger partial charge is 0.254 e. The predicted molar refractivity (Wildman–Crippen MR) is 104 cm³/mol. The summed E-state index contributed by atoms with van der Waals surface area (Å²) < 4.78 is 45.0. The van der Waals surface area contributed by atoms with Crippen molar-refractivity contribution in [3.05, 3.63) is 57.8 Å². The first-order valence-electron chi connectivity index (χ1n) is 8.32. The lowest BCUT2D eigenvalue weighted by Crippen LogP contribution is -2.50. The molecule has 0 unspecified atom stereocenters. The molecule has 1 amide bonds. The highest BCUT2D eigenvalue weighted by Gasteiger charge is 2.31. The number of halogens is 3. The number of ether oxygens (including phenoxy) is 1. The highest BCUT2D eigenvalue weighted by Crippen LogP contribution is 2.34. The third-order valence-corrected chi connectivity index (χ3v) is 6.87. The third-order valence-electron chi connectivity index (χ3n) is 4.41. The molecule has 1 aliphatic heterocycles. The molecule has 0 saturated carbocycles. The van der Waals surface area contributed by atoms with Crippen LogP contribution in [0.25, 0.3) is 0 Å². The van der Waals surface area contributed by atoms with Crippen LogP contribution in [0.2, 0.25) is 10.0 Å². The largest absolute Gasteiger partial charge is 0.494 e. The summed E-state index contributed by atoms with van der Waals surface area (Å²) >= 11 is 12.2. The zero-order valence-electron chi connectivity index (χ0n) is 14.9. The summed E-state index contributed by atoms with van der Waals surface area (Å²) in [6, 6.07) is 7.78. The van der Waals surface area contributed by atoms with Crippen molar-refractivity contribution >= 4 is 39.1 Å². The Labute approximate surface area is 172 Å². The van der Waals surface area contributed by atoms with Gasteiger partial charge in [-0.3, -0.25) is 4.79 Å². The van der Waals surface area contributed by atoms with E-state index in [-0.39, 0.29) is 58.3 Å². The van der Waals surface area contributed by atoms with Crippen LogP contribution in [0.3, 0.4) is 0 Å². The molecule has 2 aromatic rings. The fraction of sp³-hybridized carbons (Fsp3) is 0.278. The molecule has 0 aromatic heterocycles. The average molecular weight is 447 g/mol. The van der Waals surface area contributed by atoms with Crippen molar-refractivity contribution in [3.8, 4) is 5.75 Å². The van der Waals surface area contributed by atoms with Gasteiger partial charge >= 0.3 is 0 Å². The van der Waals surface area contributed by atoms with Crippen LogP contribution in [0.15, 0.2) is 41.3 Å². The second-order valence-electron chi connectivity index (χ2n) is 6.13. The van der Waals surface area contributed by atoms with E-state index in [1.54, 1.807) is 0 Å². The minimum atomic E-state index is -3.82. The number of rotatable bonds is 4. The van der Waals surface area contributed by atoms with E-state index in [1.165, 1.54) is 46.6 Å². The van der Waals surface area contributed by atoms with E-state index in [9.17, 15) is 17.6 Å². The topological polar surface area (TPSA) is 66.9 Å². The van der Waals surface area contributed by atoms with Crippen LogP contribution in [0.5, 0.6) is 5.75 Å². The van der Waals surface area contributed by atoms with Crippen molar-refractivity contribution in [1.82, 2.24) is 9.21 Å². The number of piperazine rings is 1. The molecule has 0 N–H and O–H groups in total. The quantitative estimate of drug-likeness (QED) is 0.722. The van der Waals surface area contributed by atoms with E-state index in [1.807, 2.05) is 0 Å². The number of amides is 1. The normalized spacial score (nSPS) is 15.5. The molecule has 2 aromatic carbocycles. The molecule has 1 saturated heterocycles. The molecule has 0 atom stereocenters. The van der Waals surface area contributed by atoms with Gasteiger partial charge in [0, 0.05) is 31.7 Å². The minimum Gasteiger partial charge on any atom is -0.494 e. The maximum atomic E-state index is 13.4. The lowest BCUT2D eigenvalue weighted by atomic mass is 10.1. The van der Waals surface area contributed by atoms with Gasteiger partial charge in [-0.15, -0.1) is 0 Å². The number of methoxy groups -OCH3 is 1. The summed E-state index contributed by atoms with van der Waals surface area (Å²) in [5.41, 5.74) is 0.289. The number of hydrogen-bond acceptors (Lipinski definition) is 4. The van der Waals surface area contributed by atoms with Crippen LogP contribution in [-0.4, -0.2) is 56.8 Å². The van der Waals surface area contributed by atoms with Gasteiger partial charge < -0.3 is 9.64 Å². The van der Waals surface area contributed by atoms with Gasteiger partial charge in [0.1, 0.15) is 5.82 Å². The second kappa shape index (κ2) is 8.24. The highest BCUT2D eigenvalue weighted by molar-refractivity contribution is 7.89. The van der Waals surface area contributed by atoms with Gasteiger partial charge in [0.25, 0.3) is 5.91 Å². The number of hydrogen-bond donors (Lipinski definition) is 0. The molecule has 0 radical (unpaired) electrons. The van der Waals surface area contributed by atoms with Crippen LogP contribution in [0.4, 0.5) is 4.39 Å². The molecule has 1 fully saturated rings. The third kappa shape index (κ3) is 4.10. The summed E-state index contributed by atoms with van der Waals surface area (Å²) in [4.78, 5) is 14.1. The second-order valence-corrected chi connectivity index (χ2v) is 8.88. The number of sulfonamides is 1. The zero-order chi connectivity index (χ0) is 20.5. The van der Waals surface area contributed by atoms with Gasteiger partial charge in [0.15, 0.2) is 5.75 Å². The van der Waals surface area contributed by atoms with Crippen molar-refractivity contribution in [2.45, 2.75) is 4.90 Å². The van der Waals surface area contributed by atoms with E-state index in [2.05, 4.69) is 0 Å². The van der Waals surface area contributed by atoms with E-state index in [0.29, 0.717) is 0 Å². The molecule has 28 heavy (non-hydrogen) atoms. The Morgan fingerprint density at radius 3 is 2.21 bits per heavy atom. The molecule has 6 nitrogen and oxygen atoms in total. The number of nitrogens with zero attached hydrogens (tertiary/aromatic N) is 2. The summed E-state index contributed by atoms with van der Waals surface area (Å²) in [6.07, 6.45) is 0. The van der Waals surface area contributed by atoms with Crippen LogP contribution in [-0.2, 0) is 10.0 Å². The molecule has 0 bridgehead atoms. The molecule has 1 aliphatic rings. The Morgan fingerprint density at radius 1 is 1.07 bits per heavy atom. The van der Waals surface area contributed by atoms with E-state index < -0.39 is 15.8 Å². The monoisotopic (exact) mass is 446 g/mol. The fourth-order valence-electron chi connectivity index (χ4n) is 2.97. The number of benzene rings is 2. The van der Waals surface area contributed by atoms with Gasteiger partial charge in [0.05, 0.1) is 22.1 Å². The Hall–Kier alpha value is -1.87. The average Bonchev–Trinajstić information content (AvgIpc) is 2.67. The number of carbonyl (C=O) groups excluding carboxylic acids is 1. The Kier molecular flexibility index (Phi) is 6.14. The fourth-order valence-corrected chi connectivity index (χ4v) is 5.06. The van der Waals surface area contributed by atoms with Crippen LogP contribution < -0.4 is 4.74 Å². The first-order valence-corrected chi connectivity index (χ1v) is 10.5. The SMILES string of the molecule is COc1c(Cl)cc(C(=O)N2CCN(S(=O)(=O)c3cccc(F)c3)CC2)cc1Cl. The summed E-state index contributed by atoms with van der Waals surface area (Å²) in [6.45, 7) is 0.577. The molecule has 1 heterocycles. The number of carbonyl (C=O) groups is 1. The van der Waals surface area contributed by atoms with E-state index in [0.717, 1.165) is 6.07 Å². The summed E-state index contributed by atoms with van der Waals surface area (Å²) in [7, 11) is -2.40. The molecular formula is C18H17Cl2FN2O4S. The molecule has 150 valence electrons. The minimum absolute atomic E-state index is 0.0994.